The van der Waals surface area contributed by atoms with Crippen molar-refractivity contribution in [3.8, 4) is 0 Å². The van der Waals surface area contributed by atoms with E-state index in [4.69, 9.17) is 17.4 Å². The monoisotopic (exact) mass is 186 g/mol. The van der Waals surface area contributed by atoms with Gasteiger partial charge in [-0.3, -0.25) is 11.3 Å². The van der Waals surface area contributed by atoms with Crippen LogP contribution in [0.1, 0.15) is 0 Å². The van der Waals surface area contributed by atoms with Crippen molar-refractivity contribution in [2.45, 2.75) is 0 Å². The molecule has 1 heterocycles. The Morgan fingerprint density at radius 2 is 2.25 bits per heavy atom. The van der Waals surface area contributed by atoms with E-state index in [2.05, 4.69) is 15.7 Å². The summed E-state index contributed by atoms with van der Waals surface area (Å²) in [6.45, 7) is 1.41. The van der Waals surface area contributed by atoms with Crippen molar-refractivity contribution in [3.05, 3.63) is 23.4 Å². The molecule has 0 aliphatic heterocycles. The molecule has 1 aromatic rings. The van der Waals surface area contributed by atoms with E-state index in [1.807, 2.05) is 12.1 Å². The summed E-state index contributed by atoms with van der Waals surface area (Å²) in [4.78, 5) is 4.03. The lowest BCUT2D eigenvalue weighted by Gasteiger charge is -2.03. The second-order valence-electron chi connectivity index (χ2n) is 2.23. The van der Waals surface area contributed by atoms with Crippen molar-refractivity contribution in [2.75, 3.05) is 18.4 Å². The van der Waals surface area contributed by atoms with Gasteiger partial charge in [0.2, 0.25) is 0 Å². The molecule has 1 rings (SSSR count). The van der Waals surface area contributed by atoms with Gasteiger partial charge in [0.1, 0.15) is 11.0 Å². The Hall–Kier alpha value is -0.840. The predicted molar refractivity (Wildman–Crippen MR) is 49.9 cm³/mol. The molecule has 66 valence electrons. The standard InChI is InChI=1S/C7H11ClN4/c8-6-2-1-3-7(12-6)10-4-5-11-9/h1-3,11H,4-5,9H2,(H,10,12). The summed E-state index contributed by atoms with van der Waals surface area (Å²) in [7, 11) is 0. The molecule has 0 fully saturated rings. The average Bonchev–Trinajstić information content (AvgIpc) is 2.05. The molecule has 0 radical (unpaired) electrons. The van der Waals surface area contributed by atoms with Crippen molar-refractivity contribution in [3.63, 3.8) is 0 Å². The Kier molecular flexibility index (Phi) is 3.79. The molecule has 0 atom stereocenters. The van der Waals surface area contributed by atoms with E-state index in [0.717, 1.165) is 12.4 Å². The first-order chi connectivity index (χ1) is 5.83. The summed E-state index contributed by atoms with van der Waals surface area (Å²) in [6.07, 6.45) is 0. The normalized spacial score (nSPS) is 9.83. The highest BCUT2D eigenvalue weighted by Crippen LogP contribution is 2.08. The Bertz CT molecular complexity index is 241. The first-order valence-electron chi connectivity index (χ1n) is 3.63. The van der Waals surface area contributed by atoms with E-state index in [9.17, 15) is 0 Å². The topological polar surface area (TPSA) is 63.0 Å². The van der Waals surface area contributed by atoms with Gasteiger partial charge >= 0.3 is 0 Å². The van der Waals surface area contributed by atoms with Crippen LogP contribution >= 0.6 is 11.6 Å². The summed E-state index contributed by atoms with van der Waals surface area (Å²) in [5, 5.41) is 3.54. The molecule has 0 bridgehead atoms. The van der Waals surface area contributed by atoms with Crippen molar-refractivity contribution in [2.24, 2.45) is 5.84 Å². The van der Waals surface area contributed by atoms with E-state index in [1.54, 1.807) is 6.07 Å². The minimum absolute atomic E-state index is 0.487. The zero-order chi connectivity index (χ0) is 8.81. The van der Waals surface area contributed by atoms with E-state index in [-0.39, 0.29) is 0 Å². The molecular weight excluding hydrogens is 176 g/mol. The lowest BCUT2D eigenvalue weighted by atomic mass is 10.4. The number of pyridine rings is 1. The third-order valence-corrected chi connectivity index (χ3v) is 1.50. The number of nitrogens with one attached hydrogen (secondary N) is 2. The molecule has 0 aromatic carbocycles. The molecule has 0 spiro atoms. The molecule has 0 amide bonds. The molecule has 0 unspecified atom stereocenters. The highest BCUT2D eigenvalue weighted by atomic mass is 35.5. The summed E-state index contributed by atoms with van der Waals surface area (Å²) < 4.78 is 0. The maximum Gasteiger partial charge on any atom is 0.131 e. The molecule has 4 N–H and O–H groups in total. The highest BCUT2D eigenvalue weighted by Gasteiger charge is 1.92. The fourth-order valence-corrected chi connectivity index (χ4v) is 0.933. The van der Waals surface area contributed by atoms with Crippen LogP contribution in [0.4, 0.5) is 5.82 Å². The van der Waals surface area contributed by atoms with Crippen molar-refractivity contribution >= 4 is 17.4 Å². The van der Waals surface area contributed by atoms with Gasteiger partial charge in [0.15, 0.2) is 0 Å². The molecule has 0 aliphatic rings. The van der Waals surface area contributed by atoms with Gasteiger partial charge < -0.3 is 5.32 Å². The van der Waals surface area contributed by atoms with Gasteiger partial charge in [0.25, 0.3) is 0 Å². The van der Waals surface area contributed by atoms with Crippen LogP contribution in [0.15, 0.2) is 18.2 Å². The summed E-state index contributed by atoms with van der Waals surface area (Å²) in [6, 6.07) is 5.42. The van der Waals surface area contributed by atoms with Gasteiger partial charge in [0, 0.05) is 13.1 Å². The molecule has 0 aliphatic carbocycles. The first-order valence-corrected chi connectivity index (χ1v) is 4.00. The number of nitrogens with two attached hydrogens (primary N) is 1. The smallest absolute Gasteiger partial charge is 0.131 e. The van der Waals surface area contributed by atoms with Crippen LogP contribution in [0.25, 0.3) is 0 Å². The molecule has 1 aromatic heterocycles. The zero-order valence-corrected chi connectivity index (χ0v) is 7.30. The summed E-state index contributed by atoms with van der Waals surface area (Å²) >= 11 is 5.67. The van der Waals surface area contributed by atoms with E-state index in [0.29, 0.717) is 11.7 Å². The van der Waals surface area contributed by atoms with Gasteiger partial charge in [-0.1, -0.05) is 17.7 Å². The Morgan fingerprint density at radius 3 is 2.92 bits per heavy atom. The van der Waals surface area contributed by atoms with Crippen LogP contribution in [0.3, 0.4) is 0 Å². The van der Waals surface area contributed by atoms with Gasteiger partial charge in [-0.2, -0.15) is 0 Å². The van der Waals surface area contributed by atoms with Gasteiger partial charge in [0.05, 0.1) is 0 Å². The molecule has 5 heteroatoms. The Labute approximate surface area is 76.1 Å². The fourth-order valence-electron chi connectivity index (χ4n) is 0.769. The number of hydrogen-bond acceptors (Lipinski definition) is 4. The third kappa shape index (κ3) is 3.04. The van der Waals surface area contributed by atoms with E-state index < -0.39 is 0 Å². The maximum atomic E-state index is 5.67. The lowest BCUT2D eigenvalue weighted by Crippen LogP contribution is -2.28. The number of rotatable bonds is 4. The number of hydrogen-bond donors (Lipinski definition) is 3. The number of anilines is 1. The number of hydrazine groups is 1. The molecule has 4 nitrogen and oxygen atoms in total. The minimum Gasteiger partial charge on any atom is -0.369 e. The largest absolute Gasteiger partial charge is 0.369 e. The van der Waals surface area contributed by atoms with E-state index >= 15 is 0 Å². The van der Waals surface area contributed by atoms with E-state index in [1.165, 1.54) is 0 Å². The predicted octanol–water partition coefficient (Wildman–Crippen LogP) is 0.610. The van der Waals surface area contributed by atoms with Crippen LogP contribution in [-0.4, -0.2) is 18.1 Å². The molecule has 0 saturated carbocycles. The fraction of sp³-hybridized carbons (Fsp3) is 0.286. The number of nitrogens with zero attached hydrogens (tertiary/aromatic N) is 1. The SMILES string of the molecule is NNCCNc1cccc(Cl)n1. The number of aromatic nitrogens is 1. The average molecular weight is 187 g/mol. The second kappa shape index (κ2) is 4.92. The summed E-state index contributed by atoms with van der Waals surface area (Å²) in [5.41, 5.74) is 2.53. The lowest BCUT2D eigenvalue weighted by molar-refractivity contribution is 0.752. The Morgan fingerprint density at radius 1 is 1.42 bits per heavy atom. The minimum atomic E-state index is 0.487. The van der Waals surface area contributed by atoms with Crippen LogP contribution in [0.5, 0.6) is 0 Å². The van der Waals surface area contributed by atoms with Crippen molar-refractivity contribution in [1.29, 1.82) is 0 Å². The molecule has 0 saturated heterocycles. The molecular formula is C7H11ClN4. The summed E-state index contributed by atoms with van der Waals surface area (Å²) in [5.74, 6) is 5.85. The van der Waals surface area contributed by atoms with Crippen LogP contribution in [-0.2, 0) is 0 Å². The van der Waals surface area contributed by atoms with Crippen LogP contribution in [0.2, 0.25) is 5.15 Å². The molecule has 12 heavy (non-hydrogen) atoms. The second-order valence-corrected chi connectivity index (χ2v) is 2.61. The van der Waals surface area contributed by atoms with Gasteiger partial charge in [-0.05, 0) is 12.1 Å². The quantitative estimate of drug-likeness (QED) is 0.279. The van der Waals surface area contributed by atoms with Gasteiger partial charge in [-0.15, -0.1) is 0 Å². The van der Waals surface area contributed by atoms with Crippen molar-refractivity contribution < 1.29 is 0 Å². The first kappa shape index (κ1) is 9.25. The Balaban J connectivity index is 2.41. The van der Waals surface area contributed by atoms with Gasteiger partial charge in [-0.25, -0.2) is 4.98 Å². The zero-order valence-electron chi connectivity index (χ0n) is 6.55. The maximum absolute atomic E-state index is 5.67. The van der Waals surface area contributed by atoms with Crippen molar-refractivity contribution in [1.82, 2.24) is 10.4 Å². The number of halogens is 1. The third-order valence-electron chi connectivity index (χ3n) is 1.29. The van der Waals surface area contributed by atoms with Crippen LogP contribution in [0, 0.1) is 0 Å². The van der Waals surface area contributed by atoms with Crippen LogP contribution < -0.4 is 16.6 Å². The highest BCUT2D eigenvalue weighted by molar-refractivity contribution is 6.29.